The molecule has 5 heteroatoms. The summed E-state index contributed by atoms with van der Waals surface area (Å²) in [6.45, 7) is 6.27. The highest BCUT2D eigenvalue weighted by Crippen LogP contribution is 2.16. The van der Waals surface area contributed by atoms with Crippen LogP contribution in [0.4, 0.5) is 5.82 Å². The Balaban J connectivity index is 2.16. The number of morpholine rings is 1. The lowest BCUT2D eigenvalue weighted by molar-refractivity contribution is 0.0551. The normalized spacial score (nSPS) is 21.2. The van der Waals surface area contributed by atoms with Crippen LogP contribution in [-0.4, -0.2) is 41.6 Å². The van der Waals surface area contributed by atoms with E-state index in [1.807, 2.05) is 19.9 Å². The summed E-state index contributed by atoms with van der Waals surface area (Å²) < 4.78 is 5.52. The molecule has 1 aliphatic heterocycles. The quantitative estimate of drug-likeness (QED) is 0.737. The number of aromatic nitrogens is 2. The molecule has 0 N–H and O–H groups in total. The Morgan fingerprint density at radius 1 is 1.50 bits per heavy atom. The van der Waals surface area contributed by atoms with Crippen molar-refractivity contribution in [2.75, 3.05) is 30.5 Å². The number of aryl methyl sites for hydroxylation is 2. The van der Waals surface area contributed by atoms with E-state index in [4.69, 9.17) is 16.3 Å². The summed E-state index contributed by atoms with van der Waals surface area (Å²) in [6, 6.07) is 2.00. The van der Waals surface area contributed by atoms with Gasteiger partial charge in [-0.1, -0.05) is 0 Å². The fourth-order valence-electron chi connectivity index (χ4n) is 1.88. The zero-order chi connectivity index (χ0) is 11.5. The molecule has 0 saturated carbocycles. The molecule has 0 aromatic carbocycles. The highest BCUT2D eigenvalue weighted by molar-refractivity contribution is 6.18. The van der Waals surface area contributed by atoms with Crippen molar-refractivity contribution in [1.82, 2.24) is 9.97 Å². The second-order valence-corrected chi connectivity index (χ2v) is 4.32. The fraction of sp³-hybridized carbons (Fsp3) is 0.636. The van der Waals surface area contributed by atoms with Crippen molar-refractivity contribution in [2.24, 2.45) is 0 Å². The van der Waals surface area contributed by atoms with E-state index in [2.05, 4.69) is 14.9 Å². The van der Waals surface area contributed by atoms with E-state index in [0.717, 1.165) is 30.4 Å². The van der Waals surface area contributed by atoms with Crippen LogP contribution in [0, 0.1) is 13.8 Å². The van der Waals surface area contributed by atoms with Crippen molar-refractivity contribution >= 4 is 17.4 Å². The SMILES string of the molecule is Cc1cc(N2CCOC(CCl)C2)nc(C)n1. The van der Waals surface area contributed by atoms with Crippen molar-refractivity contribution < 1.29 is 4.74 Å². The molecule has 0 radical (unpaired) electrons. The number of rotatable bonds is 2. The van der Waals surface area contributed by atoms with Crippen LogP contribution >= 0.6 is 11.6 Å². The molecule has 0 aliphatic carbocycles. The first-order valence-corrected chi connectivity index (χ1v) is 5.97. The van der Waals surface area contributed by atoms with Gasteiger partial charge in [0.15, 0.2) is 0 Å². The standard InChI is InChI=1S/C11H16ClN3O/c1-8-5-11(14-9(2)13-8)15-3-4-16-10(6-12)7-15/h5,10H,3-4,6-7H2,1-2H3. The van der Waals surface area contributed by atoms with E-state index in [-0.39, 0.29) is 6.10 Å². The van der Waals surface area contributed by atoms with Crippen LogP contribution in [0.2, 0.25) is 0 Å². The van der Waals surface area contributed by atoms with E-state index in [1.54, 1.807) is 0 Å². The molecular formula is C11H16ClN3O. The molecule has 16 heavy (non-hydrogen) atoms. The summed E-state index contributed by atoms with van der Waals surface area (Å²) in [5, 5.41) is 0. The Morgan fingerprint density at radius 3 is 3.00 bits per heavy atom. The summed E-state index contributed by atoms with van der Waals surface area (Å²) in [7, 11) is 0. The summed E-state index contributed by atoms with van der Waals surface area (Å²) in [4.78, 5) is 10.9. The first kappa shape index (κ1) is 11.6. The molecule has 2 rings (SSSR count). The van der Waals surface area contributed by atoms with Crippen LogP contribution < -0.4 is 4.90 Å². The topological polar surface area (TPSA) is 38.2 Å². The van der Waals surface area contributed by atoms with Crippen LogP contribution in [0.1, 0.15) is 11.5 Å². The van der Waals surface area contributed by atoms with Gasteiger partial charge in [-0.05, 0) is 13.8 Å². The van der Waals surface area contributed by atoms with Crippen molar-refractivity contribution in [2.45, 2.75) is 20.0 Å². The Bertz CT molecular complexity index is 352. The van der Waals surface area contributed by atoms with Gasteiger partial charge in [-0.2, -0.15) is 0 Å². The predicted molar refractivity (Wildman–Crippen MR) is 64.2 cm³/mol. The van der Waals surface area contributed by atoms with E-state index >= 15 is 0 Å². The van der Waals surface area contributed by atoms with Gasteiger partial charge in [0, 0.05) is 24.8 Å². The first-order chi connectivity index (χ1) is 7.69. The predicted octanol–water partition coefficient (Wildman–Crippen LogP) is 1.54. The molecule has 4 nitrogen and oxygen atoms in total. The minimum Gasteiger partial charge on any atom is -0.373 e. The van der Waals surface area contributed by atoms with Gasteiger partial charge >= 0.3 is 0 Å². The minimum absolute atomic E-state index is 0.103. The van der Waals surface area contributed by atoms with Crippen molar-refractivity contribution in [3.05, 3.63) is 17.6 Å². The van der Waals surface area contributed by atoms with E-state index < -0.39 is 0 Å². The zero-order valence-corrected chi connectivity index (χ0v) is 10.4. The van der Waals surface area contributed by atoms with Crippen LogP contribution in [0.3, 0.4) is 0 Å². The van der Waals surface area contributed by atoms with E-state index in [9.17, 15) is 0 Å². The summed E-state index contributed by atoms with van der Waals surface area (Å²) in [5.74, 6) is 2.31. The largest absolute Gasteiger partial charge is 0.373 e. The Labute approximate surface area is 101 Å². The molecular weight excluding hydrogens is 226 g/mol. The molecule has 1 saturated heterocycles. The summed E-state index contributed by atoms with van der Waals surface area (Å²) >= 11 is 5.81. The van der Waals surface area contributed by atoms with Gasteiger partial charge in [-0.25, -0.2) is 9.97 Å². The lowest BCUT2D eigenvalue weighted by atomic mass is 10.3. The van der Waals surface area contributed by atoms with Gasteiger partial charge in [0.2, 0.25) is 0 Å². The first-order valence-electron chi connectivity index (χ1n) is 5.44. The van der Waals surface area contributed by atoms with Crippen molar-refractivity contribution in [1.29, 1.82) is 0 Å². The van der Waals surface area contributed by atoms with Crippen molar-refractivity contribution in [3.8, 4) is 0 Å². The molecule has 1 aromatic rings. The molecule has 1 aliphatic rings. The highest BCUT2D eigenvalue weighted by atomic mass is 35.5. The molecule has 88 valence electrons. The van der Waals surface area contributed by atoms with Gasteiger partial charge < -0.3 is 9.64 Å². The number of ether oxygens (including phenoxy) is 1. The third kappa shape index (κ3) is 2.62. The number of hydrogen-bond acceptors (Lipinski definition) is 4. The summed E-state index contributed by atoms with van der Waals surface area (Å²) in [5.41, 5.74) is 0.997. The monoisotopic (exact) mass is 241 g/mol. The number of anilines is 1. The fourth-order valence-corrected chi connectivity index (χ4v) is 2.07. The molecule has 0 spiro atoms. The average molecular weight is 242 g/mol. The van der Waals surface area contributed by atoms with Crippen LogP contribution in [0.5, 0.6) is 0 Å². The number of alkyl halides is 1. The van der Waals surface area contributed by atoms with E-state index in [1.165, 1.54) is 0 Å². The highest BCUT2D eigenvalue weighted by Gasteiger charge is 2.20. The maximum absolute atomic E-state index is 5.81. The van der Waals surface area contributed by atoms with Gasteiger partial charge in [-0.15, -0.1) is 11.6 Å². The Kier molecular flexibility index (Phi) is 3.61. The summed E-state index contributed by atoms with van der Waals surface area (Å²) in [6.07, 6.45) is 0.103. The second-order valence-electron chi connectivity index (χ2n) is 4.01. The molecule has 0 amide bonds. The third-order valence-corrected chi connectivity index (χ3v) is 2.93. The number of halogens is 1. The van der Waals surface area contributed by atoms with Crippen LogP contribution in [-0.2, 0) is 4.74 Å². The van der Waals surface area contributed by atoms with Gasteiger partial charge in [0.05, 0.1) is 18.6 Å². The Morgan fingerprint density at radius 2 is 2.31 bits per heavy atom. The lowest BCUT2D eigenvalue weighted by Crippen LogP contribution is -2.43. The van der Waals surface area contributed by atoms with Gasteiger partial charge in [0.1, 0.15) is 11.6 Å². The molecule has 0 bridgehead atoms. The second kappa shape index (κ2) is 4.97. The average Bonchev–Trinajstić information content (AvgIpc) is 2.28. The zero-order valence-electron chi connectivity index (χ0n) is 9.61. The minimum atomic E-state index is 0.103. The molecule has 1 aromatic heterocycles. The number of nitrogens with zero attached hydrogens (tertiary/aromatic N) is 3. The molecule has 1 unspecified atom stereocenters. The molecule has 1 atom stereocenters. The van der Waals surface area contributed by atoms with Crippen LogP contribution in [0.25, 0.3) is 0 Å². The van der Waals surface area contributed by atoms with Gasteiger partial charge in [-0.3, -0.25) is 0 Å². The van der Waals surface area contributed by atoms with Crippen molar-refractivity contribution in [3.63, 3.8) is 0 Å². The maximum atomic E-state index is 5.81. The molecule has 1 fully saturated rings. The number of hydrogen-bond donors (Lipinski definition) is 0. The maximum Gasteiger partial charge on any atom is 0.132 e. The smallest absolute Gasteiger partial charge is 0.132 e. The van der Waals surface area contributed by atoms with Gasteiger partial charge in [0.25, 0.3) is 0 Å². The van der Waals surface area contributed by atoms with E-state index in [0.29, 0.717) is 12.5 Å². The molecule has 2 heterocycles. The van der Waals surface area contributed by atoms with Crippen LogP contribution in [0.15, 0.2) is 6.07 Å². The third-order valence-electron chi connectivity index (χ3n) is 2.59. The lowest BCUT2D eigenvalue weighted by Gasteiger charge is -2.33. The Hall–Kier alpha value is -0.870.